The lowest BCUT2D eigenvalue weighted by atomic mass is 9.88. The molecule has 0 radical (unpaired) electrons. The van der Waals surface area contributed by atoms with Crippen LogP contribution in [0.4, 0.5) is 0 Å². The van der Waals surface area contributed by atoms with E-state index in [0.29, 0.717) is 17.8 Å². The number of rotatable bonds is 15. The van der Waals surface area contributed by atoms with Crippen LogP contribution in [0.5, 0.6) is 0 Å². The zero-order chi connectivity index (χ0) is 23.5. The Kier molecular flexibility index (Phi) is 11.2. The SMILES string of the molecule is CCCC[C@H](C)C[C@H](O)C=C[C@@H]1[C@H]2CC(CCCCCNCc3ccccc3)=C[C@H]2C[C@H]1O. The molecule has 0 bridgehead atoms. The van der Waals surface area contributed by atoms with E-state index in [-0.39, 0.29) is 18.1 Å². The van der Waals surface area contributed by atoms with Crippen molar-refractivity contribution in [2.45, 2.75) is 96.8 Å². The maximum absolute atomic E-state index is 10.6. The van der Waals surface area contributed by atoms with Crippen molar-refractivity contribution in [3.63, 3.8) is 0 Å². The highest BCUT2D eigenvalue weighted by Crippen LogP contribution is 2.48. The second-order valence-electron chi connectivity index (χ2n) is 10.6. The molecule has 0 heterocycles. The summed E-state index contributed by atoms with van der Waals surface area (Å²) in [5, 5.41) is 24.6. The van der Waals surface area contributed by atoms with Crippen molar-refractivity contribution in [3.8, 4) is 0 Å². The largest absolute Gasteiger partial charge is 0.392 e. The van der Waals surface area contributed by atoms with Crippen molar-refractivity contribution in [1.29, 1.82) is 0 Å². The predicted octanol–water partition coefficient (Wildman–Crippen LogP) is 6.41. The summed E-state index contributed by atoms with van der Waals surface area (Å²) in [5.41, 5.74) is 2.95. The number of aliphatic hydroxyl groups excluding tert-OH is 2. The first-order chi connectivity index (χ1) is 16.1. The van der Waals surface area contributed by atoms with Gasteiger partial charge in [-0.25, -0.2) is 0 Å². The van der Waals surface area contributed by atoms with Crippen LogP contribution in [0.25, 0.3) is 0 Å². The van der Waals surface area contributed by atoms with E-state index in [1.54, 1.807) is 5.57 Å². The van der Waals surface area contributed by atoms with Gasteiger partial charge in [0.1, 0.15) is 0 Å². The standard InChI is InChI=1S/C30H47NO2/c1-3-4-11-23(2)18-27(32)15-16-28-29-20-25(19-26(29)21-30(28)33)14-9-6-10-17-31-22-24-12-7-5-8-13-24/h5,7-8,12-13,15-16,19,23,26-33H,3-4,6,9-11,14,17-18,20-22H2,1-2H3/t23-,26-,27+,28+,29-,30+/m0/s1. The Morgan fingerprint density at radius 3 is 2.73 bits per heavy atom. The number of benzene rings is 1. The van der Waals surface area contributed by atoms with Gasteiger partial charge in [0.15, 0.2) is 0 Å². The number of hydrogen-bond acceptors (Lipinski definition) is 3. The minimum atomic E-state index is -0.382. The maximum atomic E-state index is 10.6. The van der Waals surface area contributed by atoms with Crippen molar-refractivity contribution in [3.05, 3.63) is 59.7 Å². The van der Waals surface area contributed by atoms with Gasteiger partial charge in [0.2, 0.25) is 0 Å². The van der Waals surface area contributed by atoms with Crippen molar-refractivity contribution in [2.24, 2.45) is 23.7 Å². The quantitative estimate of drug-likeness (QED) is 0.212. The highest BCUT2D eigenvalue weighted by Gasteiger charge is 2.43. The van der Waals surface area contributed by atoms with Crippen LogP contribution in [0.2, 0.25) is 0 Å². The van der Waals surface area contributed by atoms with E-state index in [9.17, 15) is 10.2 Å². The average molecular weight is 454 g/mol. The van der Waals surface area contributed by atoms with Crippen LogP contribution >= 0.6 is 0 Å². The van der Waals surface area contributed by atoms with Gasteiger partial charge in [-0.3, -0.25) is 0 Å². The summed E-state index contributed by atoms with van der Waals surface area (Å²) >= 11 is 0. The highest BCUT2D eigenvalue weighted by atomic mass is 16.3. The Labute approximate surface area is 202 Å². The number of fused-ring (bicyclic) bond motifs is 1. The zero-order valence-electron chi connectivity index (χ0n) is 21.0. The van der Waals surface area contributed by atoms with Crippen molar-refractivity contribution < 1.29 is 10.2 Å². The Balaban J connectivity index is 1.32. The molecular formula is C30H47NO2. The van der Waals surface area contributed by atoms with E-state index in [0.717, 1.165) is 32.4 Å². The smallest absolute Gasteiger partial charge is 0.0723 e. The van der Waals surface area contributed by atoms with E-state index in [4.69, 9.17) is 0 Å². The predicted molar refractivity (Wildman–Crippen MR) is 139 cm³/mol. The molecule has 0 amide bonds. The molecule has 3 heteroatoms. The van der Waals surface area contributed by atoms with Crippen LogP contribution < -0.4 is 5.32 Å². The molecule has 184 valence electrons. The zero-order valence-corrected chi connectivity index (χ0v) is 21.0. The van der Waals surface area contributed by atoms with Crippen molar-refractivity contribution in [2.75, 3.05) is 6.54 Å². The van der Waals surface area contributed by atoms with Gasteiger partial charge in [0.05, 0.1) is 12.2 Å². The van der Waals surface area contributed by atoms with E-state index < -0.39 is 0 Å². The van der Waals surface area contributed by atoms with Gasteiger partial charge in [-0.05, 0) is 68.4 Å². The molecule has 6 atom stereocenters. The lowest BCUT2D eigenvalue weighted by molar-refractivity contribution is 0.139. The van der Waals surface area contributed by atoms with Crippen LogP contribution in [-0.2, 0) is 6.54 Å². The van der Waals surface area contributed by atoms with Gasteiger partial charge in [0.25, 0.3) is 0 Å². The minimum Gasteiger partial charge on any atom is -0.392 e. The first-order valence-electron chi connectivity index (χ1n) is 13.6. The monoisotopic (exact) mass is 453 g/mol. The van der Waals surface area contributed by atoms with Gasteiger partial charge < -0.3 is 15.5 Å². The van der Waals surface area contributed by atoms with Gasteiger partial charge in [0, 0.05) is 12.5 Å². The van der Waals surface area contributed by atoms with Crippen LogP contribution in [-0.4, -0.2) is 29.0 Å². The summed E-state index contributed by atoms with van der Waals surface area (Å²) in [7, 11) is 0. The van der Waals surface area contributed by atoms with Gasteiger partial charge in [-0.15, -0.1) is 0 Å². The molecule has 0 spiro atoms. The molecule has 1 fully saturated rings. The van der Waals surface area contributed by atoms with Crippen LogP contribution in [0.15, 0.2) is 54.1 Å². The Morgan fingerprint density at radius 1 is 1.12 bits per heavy atom. The lowest BCUT2D eigenvalue weighted by Gasteiger charge is -2.19. The first-order valence-corrected chi connectivity index (χ1v) is 13.6. The molecule has 3 rings (SSSR count). The molecule has 3 nitrogen and oxygen atoms in total. The topological polar surface area (TPSA) is 52.5 Å². The third kappa shape index (κ3) is 8.70. The van der Waals surface area contributed by atoms with Crippen molar-refractivity contribution in [1.82, 2.24) is 5.32 Å². The number of nitrogens with one attached hydrogen (secondary N) is 1. The fourth-order valence-corrected chi connectivity index (χ4v) is 5.82. The molecular weight excluding hydrogens is 406 g/mol. The molecule has 1 aromatic rings. The first kappa shape index (κ1) is 26.2. The lowest BCUT2D eigenvalue weighted by Crippen LogP contribution is -2.18. The average Bonchev–Trinajstić information content (AvgIpc) is 3.32. The van der Waals surface area contributed by atoms with E-state index >= 15 is 0 Å². The summed E-state index contributed by atoms with van der Waals surface area (Å²) in [6.07, 6.45) is 17.4. The summed E-state index contributed by atoms with van der Waals surface area (Å²) in [6.45, 7) is 6.49. The normalized spacial score (nSPS) is 26.5. The van der Waals surface area contributed by atoms with E-state index in [2.05, 4.69) is 61.6 Å². The molecule has 0 aromatic heterocycles. The fraction of sp³-hybridized carbons (Fsp3) is 0.667. The van der Waals surface area contributed by atoms with Crippen LogP contribution in [0, 0.1) is 23.7 Å². The molecule has 2 aliphatic carbocycles. The summed E-state index contributed by atoms with van der Waals surface area (Å²) in [4.78, 5) is 0. The van der Waals surface area contributed by atoms with Gasteiger partial charge in [-0.2, -0.15) is 0 Å². The van der Waals surface area contributed by atoms with Gasteiger partial charge >= 0.3 is 0 Å². The fourth-order valence-electron chi connectivity index (χ4n) is 5.82. The maximum Gasteiger partial charge on any atom is 0.0723 e. The molecule has 33 heavy (non-hydrogen) atoms. The molecule has 1 aromatic carbocycles. The Morgan fingerprint density at radius 2 is 1.94 bits per heavy atom. The Hall–Kier alpha value is -1.42. The molecule has 0 saturated heterocycles. The second-order valence-corrected chi connectivity index (χ2v) is 10.6. The summed E-state index contributed by atoms with van der Waals surface area (Å²) in [5.74, 6) is 1.81. The van der Waals surface area contributed by atoms with E-state index in [1.807, 2.05) is 6.08 Å². The van der Waals surface area contributed by atoms with Gasteiger partial charge in [-0.1, -0.05) is 93.7 Å². The number of unbranched alkanes of at least 4 members (excludes halogenated alkanes) is 3. The molecule has 0 unspecified atom stereocenters. The van der Waals surface area contributed by atoms with Crippen LogP contribution in [0.3, 0.4) is 0 Å². The molecule has 1 saturated carbocycles. The number of hydrogen-bond donors (Lipinski definition) is 3. The summed E-state index contributed by atoms with van der Waals surface area (Å²) in [6, 6.07) is 10.6. The Bertz CT molecular complexity index is 728. The molecule has 3 N–H and O–H groups in total. The highest BCUT2D eigenvalue weighted by molar-refractivity contribution is 5.21. The number of aliphatic hydroxyl groups is 2. The third-order valence-electron chi connectivity index (χ3n) is 7.72. The second kappa shape index (κ2) is 14.1. The number of allylic oxidation sites excluding steroid dienone is 2. The van der Waals surface area contributed by atoms with Crippen molar-refractivity contribution >= 4 is 0 Å². The summed E-state index contributed by atoms with van der Waals surface area (Å²) < 4.78 is 0. The van der Waals surface area contributed by atoms with E-state index in [1.165, 1.54) is 50.5 Å². The third-order valence-corrected chi connectivity index (χ3v) is 7.72. The van der Waals surface area contributed by atoms with Crippen LogP contribution in [0.1, 0.15) is 83.6 Å². The minimum absolute atomic E-state index is 0.200. The molecule has 2 aliphatic rings. The molecule has 0 aliphatic heterocycles.